The van der Waals surface area contributed by atoms with Crippen LogP contribution in [0.15, 0.2) is 103 Å². The summed E-state index contributed by atoms with van der Waals surface area (Å²) in [6.07, 6.45) is 0. The van der Waals surface area contributed by atoms with Gasteiger partial charge < -0.3 is 14.2 Å². The van der Waals surface area contributed by atoms with Crippen molar-refractivity contribution in [2.45, 2.75) is 4.57 Å². The summed E-state index contributed by atoms with van der Waals surface area (Å²) in [6, 6.07) is 36.4. The number of benzene rings is 4. The minimum atomic E-state index is -2.19. The Labute approximate surface area is 204 Å². The zero-order valence-electron chi connectivity index (χ0n) is 18.9. The lowest BCUT2D eigenvalue weighted by Gasteiger charge is -2.32. The lowest BCUT2D eigenvalue weighted by atomic mass is 10.2. The van der Waals surface area contributed by atoms with Gasteiger partial charge in [-0.05, 0) is 64.5 Å². The number of rotatable bonds is 8. The molecule has 0 spiro atoms. The molecule has 0 fully saturated rings. The number of ether oxygens (including phenoxy) is 3. The third-order valence-electron chi connectivity index (χ3n) is 5.79. The molecule has 0 saturated heterocycles. The average molecular weight is 522 g/mol. The van der Waals surface area contributed by atoms with Crippen molar-refractivity contribution in [1.29, 1.82) is 0 Å². The molecule has 33 heavy (non-hydrogen) atoms. The van der Waals surface area contributed by atoms with E-state index in [2.05, 4.69) is 107 Å². The van der Waals surface area contributed by atoms with E-state index < -0.39 is 7.26 Å². The predicted molar refractivity (Wildman–Crippen MR) is 143 cm³/mol. The molecule has 0 bridgehead atoms. The highest BCUT2D eigenvalue weighted by atomic mass is 79.9. The van der Waals surface area contributed by atoms with Gasteiger partial charge in [-0.25, -0.2) is 0 Å². The molecule has 0 aliphatic heterocycles. The Morgan fingerprint density at radius 2 is 0.939 bits per heavy atom. The third-order valence-corrected chi connectivity index (χ3v) is 12.5. The van der Waals surface area contributed by atoms with Crippen molar-refractivity contribution in [3.05, 3.63) is 109 Å². The summed E-state index contributed by atoms with van der Waals surface area (Å²) < 4.78 is 16.9. The van der Waals surface area contributed by atoms with Gasteiger partial charge in [0.1, 0.15) is 23.2 Å². The van der Waals surface area contributed by atoms with Gasteiger partial charge in [0.05, 0.1) is 21.3 Å². The van der Waals surface area contributed by atoms with Crippen LogP contribution in [0.5, 0.6) is 17.2 Å². The minimum Gasteiger partial charge on any atom is -0.493 e. The number of alkyl halides is 1. The Hall–Kier alpha value is -2.81. The summed E-state index contributed by atoms with van der Waals surface area (Å²) in [4.78, 5) is 0. The molecule has 0 radical (unpaired) electrons. The SMILES string of the molecule is COc1cc(C(Br)[P+](c2ccccc2)(c2ccccc2)c2ccccc2)cc(OC)c1OC. The van der Waals surface area contributed by atoms with Gasteiger partial charge in [-0.3, -0.25) is 0 Å². The first kappa shape index (κ1) is 23.4. The Bertz CT molecular complexity index is 1060. The maximum absolute atomic E-state index is 5.69. The van der Waals surface area contributed by atoms with Crippen LogP contribution in [0.25, 0.3) is 0 Å². The molecule has 0 aliphatic rings. The number of hydrogen-bond donors (Lipinski definition) is 0. The normalized spacial score (nSPS) is 12.1. The number of methoxy groups -OCH3 is 3. The maximum Gasteiger partial charge on any atom is 0.203 e. The molecule has 1 unspecified atom stereocenters. The van der Waals surface area contributed by atoms with Gasteiger partial charge >= 0.3 is 0 Å². The third kappa shape index (κ3) is 4.26. The van der Waals surface area contributed by atoms with E-state index in [1.165, 1.54) is 15.9 Å². The van der Waals surface area contributed by atoms with Gasteiger partial charge in [0.15, 0.2) is 16.1 Å². The standard InChI is InChI=1S/C28H27BrO3P/c1-30-25-19-21(20-26(31-2)27(25)32-3)28(29)33(22-13-7-4-8-14-22,23-15-9-5-10-16-23)24-17-11-6-12-18-24/h4-20,28H,1-3H3/q+1. The van der Waals surface area contributed by atoms with Crippen molar-refractivity contribution in [3.63, 3.8) is 0 Å². The smallest absolute Gasteiger partial charge is 0.203 e. The fourth-order valence-electron chi connectivity index (χ4n) is 4.29. The van der Waals surface area contributed by atoms with Crippen LogP contribution in [0.2, 0.25) is 0 Å². The zero-order chi connectivity index (χ0) is 23.3. The molecule has 168 valence electrons. The molecule has 4 aromatic carbocycles. The van der Waals surface area contributed by atoms with Gasteiger partial charge in [-0.1, -0.05) is 54.6 Å². The van der Waals surface area contributed by atoms with E-state index in [0.717, 1.165) is 5.56 Å². The quantitative estimate of drug-likeness (QED) is 0.207. The highest BCUT2D eigenvalue weighted by molar-refractivity contribution is 9.10. The van der Waals surface area contributed by atoms with E-state index in [1.54, 1.807) is 21.3 Å². The molecule has 1 atom stereocenters. The lowest BCUT2D eigenvalue weighted by Crippen LogP contribution is -2.33. The second-order valence-corrected chi connectivity index (χ2v) is 12.7. The molecule has 4 rings (SSSR count). The van der Waals surface area contributed by atoms with Crippen molar-refractivity contribution >= 4 is 39.1 Å². The molecule has 0 aromatic heterocycles. The molecular formula is C28H27BrO3P+. The molecule has 3 nitrogen and oxygen atoms in total. The first-order valence-corrected chi connectivity index (χ1v) is 13.4. The van der Waals surface area contributed by atoms with Crippen LogP contribution in [0.3, 0.4) is 0 Å². The van der Waals surface area contributed by atoms with Crippen molar-refractivity contribution < 1.29 is 14.2 Å². The summed E-state index contributed by atoms with van der Waals surface area (Å²) in [5.74, 6) is 1.87. The van der Waals surface area contributed by atoms with Gasteiger partial charge in [-0.15, -0.1) is 0 Å². The van der Waals surface area contributed by atoms with Crippen LogP contribution in [0.1, 0.15) is 10.1 Å². The van der Waals surface area contributed by atoms with E-state index >= 15 is 0 Å². The lowest BCUT2D eigenvalue weighted by molar-refractivity contribution is 0.324. The highest BCUT2D eigenvalue weighted by Gasteiger charge is 2.52. The molecule has 0 amide bonds. The summed E-state index contributed by atoms with van der Waals surface area (Å²) in [6.45, 7) is 0. The van der Waals surface area contributed by atoms with Crippen molar-refractivity contribution in [2.24, 2.45) is 0 Å². The van der Waals surface area contributed by atoms with Crippen LogP contribution in [0, 0.1) is 0 Å². The van der Waals surface area contributed by atoms with Crippen LogP contribution in [-0.2, 0) is 0 Å². The Kier molecular flexibility index (Phi) is 7.37. The summed E-state index contributed by atoms with van der Waals surface area (Å²) >= 11 is 4.19. The topological polar surface area (TPSA) is 27.7 Å². The predicted octanol–water partition coefficient (Wildman–Crippen LogP) is 6.10. The summed E-state index contributed by atoms with van der Waals surface area (Å²) in [5, 5.41) is 3.87. The van der Waals surface area contributed by atoms with E-state index in [9.17, 15) is 0 Å². The van der Waals surface area contributed by atoms with Crippen molar-refractivity contribution in [2.75, 3.05) is 21.3 Å². The van der Waals surface area contributed by atoms with Crippen molar-refractivity contribution in [1.82, 2.24) is 0 Å². The average Bonchev–Trinajstić information content (AvgIpc) is 2.90. The molecule has 4 aromatic rings. The molecule has 0 heterocycles. The second-order valence-electron chi connectivity index (χ2n) is 7.52. The van der Waals surface area contributed by atoms with Gasteiger partial charge in [0.25, 0.3) is 0 Å². The fraction of sp³-hybridized carbons (Fsp3) is 0.143. The molecular weight excluding hydrogens is 495 g/mol. The molecule has 0 N–H and O–H groups in total. The second kappa shape index (κ2) is 10.4. The van der Waals surface area contributed by atoms with Crippen LogP contribution < -0.4 is 30.1 Å². The Morgan fingerprint density at radius 3 is 1.24 bits per heavy atom. The number of halogens is 1. The summed E-state index contributed by atoms with van der Waals surface area (Å²) in [5.41, 5.74) is 1.06. The van der Waals surface area contributed by atoms with Crippen LogP contribution in [0.4, 0.5) is 0 Å². The summed E-state index contributed by atoms with van der Waals surface area (Å²) in [7, 11) is 2.74. The van der Waals surface area contributed by atoms with Crippen LogP contribution >= 0.6 is 23.2 Å². The number of hydrogen-bond acceptors (Lipinski definition) is 3. The molecule has 0 saturated carbocycles. The zero-order valence-corrected chi connectivity index (χ0v) is 21.4. The molecule has 0 aliphatic carbocycles. The van der Waals surface area contributed by atoms with Gasteiger partial charge in [0, 0.05) is 5.56 Å². The fourth-order valence-corrected chi connectivity index (χ4v) is 10.9. The first-order chi connectivity index (χ1) is 16.2. The van der Waals surface area contributed by atoms with Gasteiger partial charge in [-0.2, -0.15) is 0 Å². The first-order valence-electron chi connectivity index (χ1n) is 10.7. The largest absolute Gasteiger partial charge is 0.493 e. The van der Waals surface area contributed by atoms with Gasteiger partial charge in [0.2, 0.25) is 5.75 Å². The Morgan fingerprint density at radius 1 is 0.576 bits per heavy atom. The van der Waals surface area contributed by atoms with E-state index in [4.69, 9.17) is 14.2 Å². The van der Waals surface area contributed by atoms with E-state index in [-0.39, 0.29) is 4.57 Å². The van der Waals surface area contributed by atoms with E-state index in [1.807, 2.05) is 12.1 Å². The minimum absolute atomic E-state index is 0.0362. The maximum atomic E-state index is 5.69. The van der Waals surface area contributed by atoms with E-state index in [0.29, 0.717) is 17.2 Å². The monoisotopic (exact) mass is 521 g/mol. The van der Waals surface area contributed by atoms with Crippen LogP contribution in [-0.4, -0.2) is 21.3 Å². The Balaban J connectivity index is 2.06. The highest BCUT2D eigenvalue weighted by Crippen LogP contribution is 2.69. The molecule has 5 heteroatoms. The van der Waals surface area contributed by atoms with Crippen molar-refractivity contribution in [3.8, 4) is 17.2 Å².